The van der Waals surface area contributed by atoms with Gasteiger partial charge in [0.15, 0.2) is 0 Å². The quantitative estimate of drug-likeness (QED) is 0.874. The van der Waals surface area contributed by atoms with Gasteiger partial charge in [-0.1, -0.05) is 30.3 Å². The fourth-order valence-electron chi connectivity index (χ4n) is 2.94. The van der Waals surface area contributed by atoms with E-state index in [9.17, 15) is 4.79 Å². The van der Waals surface area contributed by atoms with Gasteiger partial charge in [0.2, 0.25) is 0 Å². The molecule has 0 bridgehead atoms. The van der Waals surface area contributed by atoms with Gasteiger partial charge in [-0.25, -0.2) is 4.79 Å². The Morgan fingerprint density at radius 3 is 2.79 bits per heavy atom. The van der Waals surface area contributed by atoms with Crippen LogP contribution in [0.2, 0.25) is 0 Å². The van der Waals surface area contributed by atoms with E-state index in [0.29, 0.717) is 18.1 Å². The Hall–Kier alpha value is -1.55. The fourth-order valence-corrected chi connectivity index (χ4v) is 2.94. The Kier molecular flexibility index (Phi) is 3.42. The van der Waals surface area contributed by atoms with E-state index in [1.807, 2.05) is 30.3 Å². The van der Waals surface area contributed by atoms with Crippen LogP contribution in [0.4, 0.5) is 4.79 Å². The van der Waals surface area contributed by atoms with Crippen molar-refractivity contribution in [2.75, 3.05) is 13.1 Å². The Labute approximate surface area is 113 Å². The number of hydrogen-bond acceptors (Lipinski definition) is 3. The molecule has 1 aromatic rings. The zero-order chi connectivity index (χ0) is 13.1. The molecule has 2 fully saturated rings. The lowest BCUT2D eigenvalue weighted by Gasteiger charge is -2.23. The van der Waals surface area contributed by atoms with E-state index in [4.69, 9.17) is 4.74 Å². The molecule has 1 heterocycles. The molecule has 1 atom stereocenters. The summed E-state index contributed by atoms with van der Waals surface area (Å²) in [6.07, 6.45) is 3.15. The Balaban J connectivity index is 1.43. The first-order chi connectivity index (χ1) is 9.28. The van der Waals surface area contributed by atoms with Gasteiger partial charge in [0.05, 0.1) is 0 Å². The molecular weight excluding hydrogens is 240 g/mol. The number of amides is 1. The molecule has 0 radical (unpaired) electrons. The summed E-state index contributed by atoms with van der Waals surface area (Å²) in [5.41, 5.74) is 1.38. The van der Waals surface area contributed by atoms with Gasteiger partial charge >= 0.3 is 6.09 Å². The van der Waals surface area contributed by atoms with Crippen molar-refractivity contribution in [1.29, 1.82) is 0 Å². The molecule has 1 aliphatic carbocycles. The molecule has 0 aromatic heterocycles. The van der Waals surface area contributed by atoms with Crippen LogP contribution in [0.1, 0.15) is 24.8 Å². The number of carbonyl (C=O) groups excluding carboxylic acids is 1. The third-order valence-electron chi connectivity index (χ3n) is 4.29. The highest BCUT2D eigenvalue weighted by Gasteiger charge is 2.54. The number of carbonyl (C=O) groups is 1. The van der Waals surface area contributed by atoms with Crippen molar-refractivity contribution in [2.45, 2.75) is 31.9 Å². The minimum Gasteiger partial charge on any atom is -0.445 e. The van der Waals surface area contributed by atoms with Crippen molar-refractivity contribution in [3.63, 3.8) is 0 Å². The first kappa shape index (κ1) is 12.5. The highest BCUT2D eigenvalue weighted by Crippen LogP contribution is 2.52. The molecular formula is C15H20N2O2. The number of ether oxygens (including phenoxy) is 1. The normalized spacial score (nSPS) is 23.9. The second kappa shape index (κ2) is 5.21. The minimum atomic E-state index is -0.288. The number of nitrogens with one attached hydrogen (secondary N) is 2. The number of hydrogen-bond donors (Lipinski definition) is 2. The van der Waals surface area contributed by atoms with Crippen molar-refractivity contribution in [3.8, 4) is 0 Å². The highest BCUT2D eigenvalue weighted by atomic mass is 16.5. The maximum atomic E-state index is 11.7. The molecule has 1 aliphatic heterocycles. The Bertz CT molecular complexity index is 441. The molecule has 1 saturated carbocycles. The summed E-state index contributed by atoms with van der Waals surface area (Å²) in [5.74, 6) is 0. The third-order valence-corrected chi connectivity index (χ3v) is 4.29. The lowest BCUT2D eigenvalue weighted by molar-refractivity contribution is 0.136. The van der Waals surface area contributed by atoms with Crippen LogP contribution in [-0.4, -0.2) is 25.2 Å². The molecule has 1 saturated heterocycles. The van der Waals surface area contributed by atoms with E-state index in [1.54, 1.807) is 0 Å². The van der Waals surface area contributed by atoms with Crippen LogP contribution in [0.25, 0.3) is 0 Å². The molecule has 1 amide bonds. The van der Waals surface area contributed by atoms with Gasteiger partial charge in [-0.15, -0.1) is 0 Å². The van der Waals surface area contributed by atoms with Crippen LogP contribution in [-0.2, 0) is 11.3 Å². The van der Waals surface area contributed by atoms with Crippen LogP contribution in [0.3, 0.4) is 0 Å². The predicted molar refractivity (Wildman–Crippen MR) is 72.7 cm³/mol. The SMILES string of the molecule is O=C(N[C@@H]1CC12CCNCC2)OCc1ccccc1. The smallest absolute Gasteiger partial charge is 0.407 e. The molecule has 1 spiro atoms. The Morgan fingerprint density at radius 2 is 2.05 bits per heavy atom. The van der Waals surface area contributed by atoms with E-state index >= 15 is 0 Å². The third kappa shape index (κ3) is 2.89. The second-order valence-electron chi connectivity index (χ2n) is 5.58. The largest absolute Gasteiger partial charge is 0.445 e. The molecule has 4 heteroatoms. The number of piperidine rings is 1. The molecule has 2 aliphatic rings. The van der Waals surface area contributed by atoms with E-state index in [2.05, 4.69) is 10.6 Å². The molecule has 19 heavy (non-hydrogen) atoms. The topological polar surface area (TPSA) is 50.4 Å². The predicted octanol–water partition coefficient (Wildman–Crippen LogP) is 2.05. The fraction of sp³-hybridized carbons (Fsp3) is 0.533. The molecule has 4 nitrogen and oxygen atoms in total. The van der Waals surface area contributed by atoms with E-state index in [1.165, 1.54) is 0 Å². The van der Waals surface area contributed by atoms with Crippen LogP contribution in [0, 0.1) is 5.41 Å². The van der Waals surface area contributed by atoms with Crippen molar-refractivity contribution in [1.82, 2.24) is 10.6 Å². The zero-order valence-corrected chi connectivity index (χ0v) is 11.0. The summed E-state index contributed by atoms with van der Waals surface area (Å²) in [6, 6.07) is 10.1. The van der Waals surface area contributed by atoms with Gasteiger partial charge in [-0.05, 0) is 43.3 Å². The van der Waals surface area contributed by atoms with Crippen molar-refractivity contribution >= 4 is 6.09 Å². The monoisotopic (exact) mass is 260 g/mol. The average molecular weight is 260 g/mol. The molecule has 102 valence electrons. The summed E-state index contributed by atoms with van der Waals surface area (Å²) in [7, 11) is 0. The molecule has 1 aromatic carbocycles. The van der Waals surface area contributed by atoms with Crippen LogP contribution in [0.15, 0.2) is 30.3 Å². The zero-order valence-electron chi connectivity index (χ0n) is 11.0. The average Bonchev–Trinajstić information content (AvgIpc) is 3.10. The van der Waals surface area contributed by atoms with Gasteiger partial charge in [0.1, 0.15) is 6.61 Å². The lowest BCUT2D eigenvalue weighted by atomic mass is 9.94. The van der Waals surface area contributed by atoms with Crippen molar-refractivity contribution in [3.05, 3.63) is 35.9 Å². The van der Waals surface area contributed by atoms with Gasteiger partial charge in [-0.3, -0.25) is 0 Å². The first-order valence-corrected chi connectivity index (χ1v) is 6.96. The van der Waals surface area contributed by atoms with E-state index < -0.39 is 0 Å². The highest BCUT2D eigenvalue weighted by molar-refractivity contribution is 5.68. The molecule has 2 N–H and O–H groups in total. The van der Waals surface area contributed by atoms with Gasteiger partial charge in [0.25, 0.3) is 0 Å². The summed E-state index contributed by atoms with van der Waals surface area (Å²) in [5, 5.41) is 6.35. The summed E-state index contributed by atoms with van der Waals surface area (Å²) >= 11 is 0. The maximum absolute atomic E-state index is 11.7. The number of rotatable bonds is 3. The summed E-state index contributed by atoms with van der Waals surface area (Å²) in [6.45, 7) is 2.47. The van der Waals surface area contributed by atoms with Crippen LogP contribution < -0.4 is 10.6 Å². The standard InChI is InChI=1S/C15H20N2O2/c18-14(19-11-12-4-2-1-3-5-12)17-13-10-15(13)6-8-16-9-7-15/h1-5,13,16H,6-11H2,(H,17,18)/t13-/m1/s1. The first-order valence-electron chi connectivity index (χ1n) is 6.96. The number of alkyl carbamates (subject to hydrolysis) is 1. The molecule has 0 unspecified atom stereocenters. The minimum absolute atomic E-state index is 0.288. The maximum Gasteiger partial charge on any atom is 0.407 e. The van der Waals surface area contributed by atoms with E-state index in [-0.39, 0.29) is 6.09 Å². The van der Waals surface area contributed by atoms with Crippen molar-refractivity contribution in [2.24, 2.45) is 5.41 Å². The van der Waals surface area contributed by atoms with Crippen LogP contribution in [0.5, 0.6) is 0 Å². The van der Waals surface area contributed by atoms with Crippen LogP contribution >= 0.6 is 0 Å². The van der Waals surface area contributed by atoms with Crippen molar-refractivity contribution < 1.29 is 9.53 Å². The van der Waals surface area contributed by atoms with Gasteiger partial charge in [-0.2, -0.15) is 0 Å². The van der Waals surface area contributed by atoms with Gasteiger partial charge < -0.3 is 15.4 Å². The van der Waals surface area contributed by atoms with E-state index in [0.717, 1.165) is 37.9 Å². The molecule has 3 rings (SSSR count). The Morgan fingerprint density at radius 1 is 1.32 bits per heavy atom. The summed E-state index contributed by atoms with van der Waals surface area (Å²) in [4.78, 5) is 11.7. The number of benzene rings is 1. The lowest BCUT2D eigenvalue weighted by Crippen LogP contribution is -2.36. The second-order valence-corrected chi connectivity index (χ2v) is 5.58. The summed E-state index contributed by atoms with van der Waals surface area (Å²) < 4.78 is 5.25. The van der Waals surface area contributed by atoms with Gasteiger partial charge in [0, 0.05) is 6.04 Å².